The maximum atomic E-state index is 13.0. The first-order valence-electron chi connectivity index (χ1n) is 11.0. The molecule has 0 saturated carbocycles. The summed E-state index contributed by atoms with van der Waals surface area (Å²) in [6.45, 7) is 2.07. The molecular formula is C25H27N3O6S. The Bertz CT molecular complexity index is 1230. The molecule has 1 aromatic heterocycles. The van der Waals surface area contributed by atoms with Crippen molar-refractivity contribution in [2.24, 2.45) is 0 Å². The minimum absolute atomic E-state index is 0.195. The van der Waals surface area contributed by atoms with E-state index in [2.05, 4.69) is 10.3 Å². The maximum Gasteiger partial charge on any atom is 0.268 e. The number of amides is 2. The Labute approximate surface area is 207 Å². The SMILES string of the molecule is COCCc1nc(-c2ccc3c(c2)N(CC(=O)Nc2cc(OC)ccc2OC)C(=O)C(C)O3)cs1. The van der Waals surface area contributed by atoms with E-state index in [1.54, 1.807) is 56.7 Å². The van der Waals surface area contributed by atoms with Gasteiger partial charge in [0, 0.05) is 30.5 Å². The van der Waals surface area contributed by atoms with Gasteiger partial charge in [0.1, 0.15) is 23.8 Å². The minimum atomic E-state index is -0.715. The Morgan fingerprint density at radius 2 is 2.00 bits per heavy atom. The summed E-state index contributed by atoms with van der Waals surface area (Å²) in [5.41, 5.74) is 2.59. The average Bonchev–Trinajstić information content (AvgIpc) is 3.34. The van der Waals surface area contributed by atoms with E-state index in [1.165, 1.54) is 12.0 Å². The number of nitrogens with zero attached hydrogens (tertiary/aromatic N) is 2. The van der Waals surface area contributed by atoms with E-state index in [4.69, 9.17) is 18.9 Å². The Hall–Kier alpha value is -3.63. The standard InChI is InChI=1S/C25H27N3O6S/c1-15-25(30)28(13-23(29)26-18-12-17(32-3)6-8-21(18)33-4)20-11-16(5-7-22(20)34-15)19-14-35-24(27-19)9-10-31-2/h5-8,11-12,14-15H,9-10,13H2,1-4H3,(H,26,29). The Morgan fingerprint density at radius 3 is 2.74 bits per heavy atom. The second-order valence-corrected chi connectivity index (χ2v) is 8.79. The molecule has 0 aliphatic carbocycles. The van der Waals surface area contributed by atoms with Crippen LogP contribution in [0.3, 0.4) is 0 Å². The highest BCUT2D eigenvalue weighted by Gasteiger charge is 2.33. The topological polar surface area (TPSA) is 99.2 Å². The average molecular weight is 498 g/mol. The summed E-state index contributed by atoms with van der Waals surface area (Å²) in [6.07, 6.45) is 0.0121. The van der Waals surface area contributed by atoms with E-state index in [0.717, 1.165) is 22.7 Å². The Balaban J connectivity index is 1.59. The van der Waals surface area contributed by atoms with Gasteiger partial charge in [-0.05, 0) is 37.3 Å². The van der Waals surface area contributed by atoms with E-state index in [9.17, 15) is 9.59 Å². The molecule has 0 spiro atoms. The van der Waals surface area contributed by atoms with Crippen LogP contribution in [0.5, 0.6) is 17.2 Å². The fourth-order valence-electron chi connectivity index (χ4n) is 3.72. The molecule has 0 bridgehead atoms. The number of fused-ring (bicyclic) bond motifs is 1. The summed E-state index contributed by atoms with van der Waals surface area (Å²) in [6, 6.07) is 10.6. The van der Waals surface area contributed by atoms with Crippen LogP contribution in [0.15, 0.2) is 41.8 Å². The fourth-order valence-corrected chi connectivity index (χ4v) is 4.51. The summed E-state index contributed by atoms with van der Waals surface area (Å²) in [5.74, 6) is 0.895. The molecule has 10 heteroatoms. The van der Waals surface area contributed by atoms with Crippen molar-refractivity contribution in [2.75, 3.05) is 44.7 Å². The van der Waals surface area contributed by atoms with Gasteiger partial charge in [-0.2, -0.15) is 0 Å². The molecule has 3 aromatic rings. The van der Waals surface area contributed by atoms with Gasteiger partial charge < -0.3 is 24.3 Å². The smallest absolute Gasteiger partial charge is 0.268 e. The van der Waals surface area contributed by atoms with Crippen LogP contribution in [-0.4, -0.2) is 57.4 Å². The second-order valence-electron chi connectivity index (χ2n) is 7.85. The van der Waals surface area contributed by atoms with E-state index in [0.29, 0.717) is 35.2 Å². The lowest BCUT2D eigenvalue weighted by molar-refractivity contribution is -0.127. The van der Waals surface area contributed by atoms with Crippen LogP contribution < -0.4 is 24.4 Å². The molecule has 9 nitrogen and oxygen atoms in total. The molecule has 2 amide bonds. The van der Waals surface area contributed by atoms with Crippen molar-refractivity contribution >= 4 is 34.5 Å². The van der Waals surface area contributed by atoms with Crippen molar-refractivity contribution in [1.29, 1.82) is 0 Å². The van der Waals surface area contributed by atoms with Crippen molar-refractivity contribution in [1.82, 2.24) is 4.98 Å². The van der Waals surface area contributed by atoms with Crippen LogP contribution >= 0.6 is 11.3 Å². The number of hydrogen-bond acceptors (Lipinski definition) is 8. The number of carbonyl (C=O) groups excluding carboxylic acids is 2. The molecule has 2 aromatic carbocycles. The minimum Gasteiger partial charge on any atom is -0.497 e. The van der Waals surface area contributed by atoms with Gasteiger partial charge >= 0.3 is 0 Å². The van der Waals surface area contributed by atoms with Gasteiger partial charge in [-0.25, -0.2) is 4.98 Å². The normalized spacial score (nSPS) is 14.8. The van der Waals surface area contributed by atoms with Gasteiger partial charge in [0.2, 0.25) is 5.91 Å². The molecule has 1 unspecified atom stereocenters. The number of nitrogens with one attached hydrogen (secondary N) is 1. The quantitative estimate of drug-likeness (QED) is 0.480. The van der Waals surface area contributed by atoms with Crippen molar-refractivity contribution in [3.8, 4) is 28.5 Å². The van der Waals surface area contributed by atoms with E-state index >= 15 is 0 Å². The molecule has 0 fully saturated rings. The highest BCUT2D eigenvalue weighted by molar-refractivity contribution is 7.09. The molecule has 184 valence electrons. The monoisotopic (exact) mass is 497 g/mol. The molecule has 4 rings (SSSR count). The molecule has 2 heterocycles. The van der Waals surface area contributed by atoms with Crippen molar-refractivity contribution in [3.63, 3.8) is 0 Å². The molecular weight excluding hydrogens is 470 g/mol. The van der Waals surface area contributed by atoms with Gasteiger partial charge in [0.15, 0.2) is 6.10 Å². The summed E-state index contributed by atoms with van der Waals surface area (Å²) in [5, 5.41) is 5.74. The Morgan fingerprint density at radius 1 is 1.17 bits per heavy atom. The molecule has 35 heavy (non-hydrogen) atoms. The molecule has 1 aliphatic rings. The van der Waals surface area contributed by atoms with Crippen LogP contribution in [0, 0.1) is 0 Å². The number of ether oxygens (including phenoxy) is 4. The maximum absolute atomic E-state index is 13.0. The zero-order valence-electron chi connectivity index (χ0n) is 20.0. The van der Waals surface area contributed by atoms with Crippen molar-refractivity contribution < 1.29 is 28.5 Å². The number of benzene rings is 2. The first-order valence-corrected chi connectivity index (χ1v) is 11.9. The summed E-state index contributed by atoms with van der Waals surface area (Å²) in [4.78, 5) is 32.1. The highest BCUT2D eigenvalue weighted by Crippen LogP contribution is 2.38. The van der Waals surface area contributed by atoms with Gasteiger partial charge in [0.25, 0.3) is 5.91 Å². The van der Waals surface area contributed by atoms with Gasteiger partial charge in [-0.1, -0.05) is 0 Å². The summed E-state index contributed by atoms with van der Waals surface area (Å²) in [7, 11) is 4.71. The third-order valence-corrected chi connectivity index (χ3v) is 6.43. The lowest BCUT2D eigenvalue weighted by Gasteiger charge is -2.33. The van der Waals surface area contributed by atoms with Crippen molar-refractivity contribution in [3.05, 3.63) is 46.8 Å². The first kappa shape index (κ1) is 24.5. The van der Waals surface area contributed by atoms with Crippen molar-refractivity contribution in [2.45, 2.75) is 19.4 Å². The summed E-state index contributed by atoms with van der Waals surface area (Å²) >= 11 is 1.55. The van der Waals surface area contributed by atoms with Crippen LogP contribution in [0.1, 0.15) is 11.9 Å². The Kier molecular flexibility index (Phi) is 7.52. The number of aromatic nitrogens is 1. The largest absolute Gasteiger partial charge is 0.497 e. The van der Waals surface area contributed by atoms with E-state index < -0.39 is 6.10 Å². The van der Waals surface area contributed by atoms with Gasteiger partial charge in [-0.15, -0.1) is 11.3 Å². The summed E-state index contributed by atoms with van der Waals surface area (Å²) < 4.78 is 21.5. The number of thiazole rings is 1. The highest BCUT2D eigenvalue weighted by atomic mass is 32.1. The number of rotatable bonds is 9. The number of hydrogen-bond donors (Lipinski definition) is 1. The van der Waals surface area contributed by atoms with Crippen LogP contribution in [0.4, 0.5) is 11.4 Å². The zero-order valence-corrected chi connectivity index (χ0v) is 20.8. The second kappa shape index (κ2) is 10.7. The molecule has 1 atom stereocenters. The number of anilines is 2. The third kappa shape index (κ3) is 5.39. The van der Waals surface area contributed by atoms with Crippen LogP contribution in [-0.2, 0) is 20.7 Å². The van der Waals surface area contributed by atoms with Crippen LogP contribution in [0.25, 0.3) is 11.3 Å². The molecule has 1 aliphatic heterocycles. The van der Waals surface area contributed by atoms with E-state index in [1.807, 2.05) is 17.5 Å². The van der Waals surface area contributed by atoms with Gasteiger partial charge in [-0.3, -0.25) is 14.5 Å². The van der Waals surface area contributed by atoms with E-state index in [-0.39, 0.29) is 18.4 Å². The van der Waals surface area contributed by atoms with Gasteiger partial charge in [0.05, 0.1) is 42.9 Å². The predicted octanol–water partition coefficient (Wildman–Crippen LogP) is 3.77. The lowest BCUT2D eigenvalue weighted by atomic mass is 10.1. The lowest BCUT2D eigenvalue weighted by Crippen LogP contribution is -2.47. The fraction of sp³-hybridized carbons (Fsp3) is 0.320. The molecule has 1 N–H and O–H groups in total. The van der Waals surface area contributed by atoms with Crippen LogP contribution in [0.2, 0.25) is 0 Å². The zero-order chi connectivity index (χ0) is 24.9. The number of methoxy groups -OCH3 is 3. The number of carbonyl (C=O) groups is 2. The molecule has 0 saturated heterocycles. The predicted molar refractivity (Wildman–Crippen MR) is 134 cm³/mol. The third-order valence-electron chi connectivity index (χ3n) is 5.52. The first-order chi connectivity index (χ1) is 16.9. The molecule has 0 radical (unpaired) electrons.